The van der Waals surface area contributed by atoms with E-state index in [-0.39, 0.29) is 6.42 Å². The van der Waals surface area contributed by atoms with Gasteiger partial charge in [0.1, 0.15) is 6.04 Å². The summed E-state index contributed by atoms with van der Waals surface area (Å²) in [6, 6.07) is 12.9. The molecule has 0 heterocycles. The molecule has 2 N–H and O–H groups in total. The molecule has 0 bridgehead atoms. The molecule has 1 atom stereocenters. The second-order valence-corrected chi connectivity index (χ2v) is 6.39. The Kier molecular flexibility index (Phi) is 5.79. The zero-order chi connectivity index (χ0) is 16.1. The van der Waals surface area contributed by atoms with Crippen LogP contribution >= 0.6 is 34.2 Å². The SMILES string of the molecule is O=C(NC(Cc1ccc(I)cc1)C(=O)O)c1cccc(Cl)c1. The molecule has 1 amide bonds. The molecule has 1 unspecified atom stereocenters. The van der Waals surface area contributed by atoms with Crippen molar-refractivity contribution < 1.29 is 14.7 Å². The van der Waals surface area contributed by atoms with E-state index >= 15 is 0 Å². The van der Waals surface area contributed by atoms with E-state index in [1.54, 1.807) is 18.2 Å². The van der Waals surface area contributed by atoms with Crippen molar-refractivity contribution in [3.63, 3.8) is 0 Å². The van der Waals surface area contributed by atoms with E-state index in [0.29, 0.717) is 10.6 Å². The third-order valence-electron chi connectivity index (χ3n) is 3.04. The van der Waals surface area contributed by atoms with Gasteiger partial charge in [0.15, 0.2) is 0 Å². The van der Waals surface area contributed by atoms with Crippen LogP contribution in [0, 0.1) is 3.57 Å². The molecule has 114 valence electrons. The standard InChI is InChI=1S/C16H13ClINO3/c17-12-3-1-2-11(9-12)15(20)19-14(16(21)22)8-10-4-6-13(18)7-5-10/h1-7,9,14H,8H2,(H,19,20)(H,21,22). The van der Waals surface area contributed by atoms with Crippen molar-refractivity contribution >= 4 is 46.1 Å². The number of hydrogen-bond donors (Lipinski definition) is 2. The van der Waals surface area contributed by atoms with Crippen molar-refractivity contribution in [3.05, 3.63) is 68.3 Å². The summed E-state index contributed by atoms with van der Waals surface area (Å²) in [5.41, 5.74) is 1.18. The van der Waals surface area contributed by atoms with Gasteiger partial charge in [-0.15, -0.1) is 0 Å². The Morgan fingerprint density at radius 2 is 1.86 bits per heavy atom. The van der Waals surface area contributed by atoms with Crippen LogP contribution in [0.5, 0.6) is 0 Å². The summed E-state index contributed by atoms with van der Waals surface area (Å²) in [6.07, 6.45) is 0.221. The molecule has 2 rings (SSSR count). The van der Waals surface area contributed by atoms with Gasteiger partial charge in [0.05, 0.1) is 0 Å². The minimum Gasteiger partial charge on any atom is -0.480 e. The average molecular weight is 430 g/mol. The Bertz CT molecular complexity index is 688. The number of carboxylic acids is 1. The number of carbonyl (C=O) groups excluding carboxylic acids is 1. The number of carboxylic acid groups (broad SMARTS) is 1. The van der Waals surface area contributed by atoms with E-state index in [9.17, 15) is 14.7 Å². The van der Waals surface area contributed by atoms with Gasteiger partial charge < -0.3 is 10.4 Å². The largest absolute Gasteiger partial charge is 0.480 e. The second kappa shape index (κ2) is 7.60. The Labute approximate surface area is 146 Å². The third-order valence-corrected chi connectivity index (χ3v) is 4.00. The lowest BCUT2D eigenvalue weighted by molar-refractivity contribution is -0.139. The first-order valence-corrected chi connectivity index (χ1v) is 7.95. The first-order valence-electron chi connectivity index (χ1n) is 6.49. The van der Waals surface area contributed by atoms with Gasteiger partial charge in [0, 0.05) is 20.6 Å². The summed E-state index contributed by atoms with van der Waals surface area (Å²) in [4.78, 5) is 23.5. The first kappa shape index (κ1) is 16.8. The minimum absolute atomic E-state index is 0.221. The van der Waals surface area contributed by atoms with Gasteiger partial charge in [-0.25, -0.2) is 4.79 Å². The zero-order valence-electron chi connectivity index (χ0n) is 11.4. The maximum atomic E-state index is 12.1. The average Bonchev–Trinajstić information content (AvgIpc) is 2.48. The van der Waals surface area contributed by atoms with Crippen molar-refractivity contribution in [2.24, 2.45) is 0 Å². The highest BCUT2D eigenvalue weighted by atomic mass is 127. The Hall–Kier alpha value is -1.60. The highest BCUT2D eigenvalue weighted by Crippen LogP contribution is 2.12. The van der Waals surface area contributed by atoms with Crippen LogP contribution in [-0.4, -0.2) is 23.0 Å². The molecule has 2 aromatic carbocycles. The summed E-state index contributed by atoms with van der Waals surface area (Å²) in [5, 5.41) is 12.2. The maximum absolute atomic E-state index is 12.1. The lowest BCUT2D eigenvalue weighted by Crippen LogP contribution is -2.42. The van der Waals surface area contributed by atoms with Crippen LogP contribution in [0.3, 0.4) is 0 Å². The second-order valence-electron chi connectivity index (χ2n) is 4.71. The highest BCUT2D eigenvalue weighted by molar-refractivity contribution is 14.1. The van der Waals surface area contributed by atoms with Crippen molar-refractivity contribution in [3.8, 4) is 0 Å². The van der Waals surface area contributed by atoms with Crippen LogP contribution in [0.1, 0.15) is 15.9 Å². The fraction of sp³-hybridized carbons (Fsp3) is 0.125. The van der Waals surface area contributed by atoms with Crippen molar-refractivity contribution in [1.29, 1.82) is 0 Å². The third kappa shape index (κ3) is 4.71. The number of rotatable bonds is 5. The highest BCUT2D eigenvalue weighted by Gasteiger charge is 2.21. The molecule has 0 fully saturated rings. The Balaban J connectivity index is 2.10. The number of halogens is 2. The van der Waals surface area contributed by atoms with Crippen molar-refractivity contribution in [2.45, 2.75) is 12.5 Å². The van der Waals surface area contributed by atoms with E-state index in [2.05, 4.69) is 27.9 Å². The number of benzene rings is 2. The first-order chi connectivity index (χ1) is 10.5. The van der Waals surface area contributed by atoms with E-state index in [4.69, 9.17) is 11.6 Å². The van der Waals surface area contributed by atoms with Crippen molar-refractivity contribution in [2.75, 3.05) is 0 Å². The summed E-state index contributed by atoms with van der Waals surface area (Å²) >= 11 is 8.01. The predicted molar refractivity (Wildman–Crippen MR) is 93.2 cm³/mol. The Morgan fingerprint density at radius 3 is 2.45 bits per heavy atom. The monoisotopic (exact) mass is 429 g/mol. The molecular weight excluding hydrogens is 417 g/mol. The fourth-order valence-electron chi connectivity index (χ4n) is 1.93. The van der Waals surface area contributed by atoms with Crippen LogP contribution in [0.15, 0.2) is 48.5 Å². The fourth-order valence-corrected chi connectivity index (χ4v) is 2.48. The molecule has 0 aliphatic carbocycles. The smallest absolute Gasteiger partial charge is 0.326 e. The van der Waals surface area contributed by atoms with E-state index in [0.717, 1.165) is 9.13 Å². The Morgan fingerprint density at radius 1 is 1.18 bits per heavy atom. The van der Waals surface area contributed by atoms with E-state index in [1.807, 2.05) is 24.3 Å². The molecular formula is C16H13ClINO3. The summed E-state index contributed by atoms with van der Waals surface area (Å²) in [5.74, 6) is -1.53. The molecule has 2 aromatic rings. The lowest BCUT2D eigenvalue weighted by Gasteiger charge is -2.15. The number of carbonyl (C=O) groups is 2. The summed E-state index contributed by atoms with van der Waals surface area (Å²) in [7, 11) is 0. The van der Waals surface area contributed by atoms with Crippen LogP contribution < -0.4 is 5.32 Å². The molecule has 0 aliphatic rings. The molecule has 0 saturated carbocycles. The minimum atomic E-state index is -1.08. The van der Waals surface area contributed by atoms with Crippen LogP contribution in [0.2, 0.25) is 5.02 Å². The molecule has 22 heavy (non-hydrogen) atoms. The van der Waals surface area contributed by atoms with Gasteiger partial charge in [-0.3, -0.25) is 4.79 Å². The van der Waals surface area contributed by atoms with Gasteiger partial charge in [-0.2, -0.15) is 0 Å². The molecule has 0 radical (unpaired) electrons. The maximum Gasteiger partial charge on any atom is 0.326 e. The normalized spacial score (nSPS) is 11.7. The van der Waals surface area contributed by atoms with Crippen LogP contribution in [-0.2, 0) is 11.2 Å². The quantitative estimate of drug-likeness (QED) is 0.716. The molecule has 0 saturated heterocycles. The molecule has 0 aromatic heterocycles. The van der Waals surface area contributed by atoms with Gasteiger partial charge in [0.25, 0.3) is 5.91 Å². The summed E-state index contributed by atoms with van der Waals surface area (Å²) < 4.78 is 1.07. The number of hydrogen-bond acceptors (Lipinski definition) is 2. The molecule has 0 spiro atoms. The molecule has 6 heteroatoms. The topological polar surface area (TPSA) is 66.4 Å². The van der Waals surface area contributed by atoms with Gasteiger partial charge in [-0.05, 0) is 58.5 Å². The molecule has 0 aliphatic heterocycles. The van der Waals surface area contributed by atoms with E-state index < -0.39 is 17.9 Å². The number of nitrogens with one attached hydrogen (secondary N) is 1. The predicted octanol–water partition coefficient (Wildman–Crippen LogP) is 3.37. The molecule has 4 nitrogen and oxygen atoms in total. The lowest BCUT2D eigenvalue weighted by atomic mass is 10.1. The summed E-state index contributed by atoms with van der Waals surface area (Å²) in [6.45, 7) is 0. The van der Waals surface area contributed by atoms with Crippen molar-refractivity contribution in [1.82, 2.24) is 5.32 Å². The zero-order valence-corrected chi connectivity index (χ0v) is 14.3. The van der Waals surface area contributed by atoms with Crippen LogP contribution in [0.25, 0.3) is 0 Å². The number of aliphatic carboxylic acids is 1. The van der Waals surface area contributed by atoms with E-state index in [1.165, 1.54) is 6.07 Å². The number of amides is 1. The van der Waals surface area contributed by atoms with Gasteiger partial charge in [0.2, 0.25) is 0 Å². The van der Waals surface area contributed by atoms with Gasteiger partial charge in [-0.1, -0.05) is 29.8 Å². The van der Waals surface area contributed by atoms with Gasteiger partial charge >= 0.3 is 5.97 Å². The van der Waals surface area contributed by atoms with Crippen LogP contribution in [0.4, 0.5) is 0 Å².